The largest absolute Gasteiger partial charge is 0.366 e. The Hall–Kier alpha value is -0.0800. The van der Waals surface area contributed by atoms with Gasteiger partial charge in [0.15, 0.2) is 0 Å². The van der Waals surface area contributed by atoms with E-state index in [4.69, 9.17) is 4.74 Å². The highest BCUT2D eigenvalue weighted by atomic mass is 16.5. The number of hydrogen-bond donors (Lipinski definition) is 1. The Labute approximate surface area is 107 Å². The first kappa shape index (κ1) is 13.4. The summed E-state index contributed by atoms with van der Waals surface area (Å²) in [6.45, 7) is 11.4. The van der Waals surface area contributed by atoms with E-state index in [0.717, 1.165) is 37.8 Å². The molecule has 0 aromatic heterocycles. The fraction of sp³-hybridized carbons (Fsp3) is 1.00. The molecule has 0 aromatic carbocycles. The van der Waals surface area contributed by atoms with Crippen molar-refractivity contribution in [2.45, 2.75) is 71.0 Å². The summed E-state index contributed by atoms with van der Waals surface area (Å²) in [5.41, 5.74) is 0.231. The normalized spacial score (nSPS) is 41.6. The molecule has 2 aliphatic rings. The maximum absolute atomic E-state index is 6.66. The Bertz CT molecular complexity index is 262. The van der Waals surface area contributed by atoms with Crippen molar-refractivity contribution in [2.75, 3.05) is 13.1 Å². The minimum absolute atomic E-state index is 0.0958. The second-order valence-corrected chi connectivity index (χ2v) is 6.48. The number of rotatable bonds is 2. The first-order chi connectivity index (χ1) is 8.05. The fourth-order valence-electron chi connectivity index (χ4n) is 3.61. The van der Waals surface area contributed by atoms with E-state index in [1.54, 1.807) is 0 Å². The van der Waals surface area contributed by atoms with Crippen LogP contribution in [0.4, 0.5) is 0 Å². The Balaban J connectivity index is 2.10. The van der Waals surface area contributed by atoms with Crippen LogP contribution in [0.2, 0.25) is 0 Å². The molecule has 2 heteroatoms. The van der Waals surface area contributed by atoms with E-state index < -0.39 is 0 Å². The lowest BCUT2D eigenvalue weighted by Gasteiger charge is -2.52. The molecule has 0 radical (unpaired) electrons. The molecule has 1 heterocycles. The molecule has 3 atom stereocenters. The zero-order valence-corrected chi connectivity index (χ0v) is 12.0. The van der Waals surface area contributed by atoms with Crippen LogP contribution in [0.25, 0.3) is 0 Å². The van der Waals surface area contributed by atoms with E-state index in [2.05, 4.69) is 33.0 Å². The minimum atomic E-state index is 0.0958. The molecule has 1 N–H and O–H groups in total. The predicted octanol–water partition coefficient (Wildman–Crippen LogP) is 3.36. The van der Waals surface area contributed by atoms with E-state index in [1.807, 2.05) is 0 Å². The molecule has 0 amide bonds. The SMILES string of the molecule is CCC1(CC)CNCC2(CCC(C)C(C)C2)O1. The molecule has 2 nitrogen and oxygen atoms in total. The van der Waals surface area contributed by atoms with Gasteiger partial charge in [-0.25, -0.2) is 0 Å². The van der Waals surface area contributed by atoms with Gasteiger partial charge in [-0.3, -0.25) is 0 Å². The molecule has 17 heavy (non-hydrogen) atoms. The molecule has 2 fully saturated rings. The molecule has 1 spiro atoms. The summed E-state index contributed by atoms with van der Waals surface area (Å²) < 4.78 is 6.66. The molecule has 0 bridgehead atoms. The van der Waals surface area contributed by atoms with Crippen LogP contribution in [0.15, 0.2) is 0 Å². The van der Waals surface area contributed by atoms with Crippen LogP contribution in [0.5, 0.6) is 0 Å². The maximum Gasteiger partial charge on any atom is 0.0817 e. The average Bonchev–Trinajstić information content (AvgIpc) is 2.34. The molecule has 2 rings (SSSR count). The van der Waals surface area contributed by atoms with Crippen molar-refractivity contribution in [1.82, 2.24) is 5.32 Å². The molecular formula is C15H29NO. The van der Waals surface area contributed by atoms with Gasteiger partial charge in [0.1, 0.15) is 0 Å². The number of ether oxygens (including phenoxy) is 1. The van der Waals surface area contributed by atoms with Gasteiger partial charge in [-0.2, -0.15) is 0 Å². The van der Waals surface area contributed by atoms with E-state index >= 15 is 0 Å². The predicted molar refractivity (Wildman–Crippen MR) is 72.2 cm³/mol. The topological polar surface area (TPSA) is 21.3 Å². The van der Waals surface area contributed by atoms with Crippen LogP contribution in [0, 0.1) is 11.8 Å². The summed E-state index contributed by atoms with van der Waals surface area (Å²) >= 11 is 0. The zero-order valence-electron chi connectivity index (χ0n) is 12.0. The average molecular weight is 239 g/mol. The fourth-order valence-corrected chi connectivity index (χ4v) is 3.61. The third kappa shape index (κ3) is 2.53. The van der Waals surface area contributed by atoms with Crippen molar-refractivity contribution in [1.29, 1.82) is 0 Å². The number of hydrogen-bond acceptors (Lipinski definition) is 2. The highest BCUT2D eigenvalue weighted by Gasteiger charge is 2.46. The van der Waals surface area contributed by atoms with Crippen LogP contribution >= 0.6 is 0 Å². The highest BCUT2D eigenvalue weighted by molar-refractivity contribution is 4.99. The van der Waals surface area contributed by atoms with Crippen LogP contribution < -0.4 is 5.32 Å². The van der Waals surface area contributed by atoms with E-state index in [9.17, 15) is 0 Å². The number of nitrogens with one attached hydrogen (secondary N) is 1. The molecule has 1 saturated heterocycles. The van der Waals surface area contributed by atoms with Gasteiger partial charge in [0.2, 0.25) is 0 Å². The van der Waals surface area contributed by atoms with E-state index in [1.165, 1.54) is 19.3 Å². The van der Waals surface area contributed by atoms with Gasteiger partial charge in [0.25, 0.3) is 0 Å². The zero-order chi connectivity index (χ0) is 12.5. The quantitative estimate of drug-likeness (QED) is 0.798. The standard InChI is InChI=1S/C15H29NO/c1-5-14(6-2)10-16-11-15(17-14)8-7-12(3)13(4)9-15/h12-13,16H,5-11H2,1-4H3. The maximum atomic E-state index is 6.66. The van der Waals surface area contributed by atoms with Crippen LogP contribution in [-0.2, 0) is 4.74 Å². The molecule has 1 aliphatic heterocycles. The number of morpholine rings is 1. The Morgan fingerprint density at radius 1 is 1.12 bits per heavy atom. The van der Waals surface area contributed by atoms with Crippen molar-refractivity contribution in [3.63, 3.8) is 0 Å². The van der Waals surface area contributed by atoms with Gasteiger partial charge in [-0.1, -0.05) is 27.7 Å². The summed E-state index contributed by atoms with van der Waals surface area (Å²) in [5, 5.41) is 3.65. The van der Waals surface area contributed by atoms with Crippen molar-refractivity contribution in [3.8, 4) is 0 Å². The second kappa shape index (κ2) is 4.89. The molecule has 100 valence electrons. The summed E-state index contributed by atoms with van der Waals surface area (Å²) in [6.07, 6.45) is 6.06. The first-order valence-electron chi connectivity index (χ1n) is 7.46. The summed E-state index contributed by atoms with van der Waals surface area (Å²) in [6, 6.07) is 0. The summed E-state index contributed by atoms with van der Waals surface area (Å²) in [4.78, 5) is 0. The molecule has 1 saturated carbocycles. The Kier molecular flexibility index (Phi) is 3.84. The van der Waals surface area contributed by atoms with Crippen molar-refractivity contribution in [2.24, 2.45) is 11.8 Å². The van der Waals surface area contributed by atoms with Gasteiger partial charge in [-0.05, 0) is 43.9 Å². The van der Waals surface area contributed by atoms with Crippen LogP contribution in [0.3, 0.4) is 0 Å². The lowest BCUT2D eigenvalue weighted by atomic mass is 9.71. The first-order valence-corrected chi connectivity index (χ1v) is 7.46. The van der Waals surface area contributed by atoms with E-state index in [-0.39, 0.29) is 11.2 Å². The monoisotopic (exact) mass is 239 g/mol. The third-order valence-corrected chi connectivity index (χ3v) is 5.34. The van der Waals surface area contributed by atoms with Crippen molar-refractivity contribution in [3.05, 3.63) is 0 Å². The van der Waals surface area contributed by atoms with E-state index in [0.29, 0.717) is 0 Å². The van der Waals surface area contributed by atoms with Crippen LogP contribution in [0.1, 0.15) is 59.8 Å². The summed E-state index contributed by atoms with van der Waals surface area (Å²) in [7, 11) is 0. The minimum Gasteiger partial charge on any atom is -0.366 e. The highest BCUT2D eigenvalue weighted by Crippen LogP contribution is 2.43. The Morgan fingerprint density at radius 2 is 1.82 bits per heavy atom. The van der Waals surface area contributed by atoms with Crippen molar-refractivity contribution >= 4 is 0 Å². The molecule has 1 aliphatic carbocycles. The summed E-state index contributed by atoms with van der Waals surface area (Å²) in [5.74, 6) is 1.67. The van der Waals surface area contributed by atoms with Gasteiger partial charge in [0, 0.05) is 13.1 Å². The Morgan fingerprint density at radius 3 is 2.41 bits per heavy atom. The van der Waals surface area contributed by atoms with Gasteiger partial charge in [0.05, 0.1) is 11.2 Å². The third-order valence-electron chi connectivity index (χ3n) is 5.34. The molecule has 3 unspecified atom stereocenters. The molecule has 0 aromatic rings. The van der Waals surface area contributed by atoms with Gasteiger partial charge in [-0.15, -0.1) is 0 Å². The molecular weight excluding hydrogens is 210 g/mol. The van der Waals surface area contributed by atoms with Crippen molar-refractivity contribution < 1.29 is 4.74 Å². The van der Waals surface area contributed by atoms with Crippen LogP contribution in [-0.4, -0.2) is 24.3 Å². The van der Waals surface area contributed by atoms with Gasteiger partial charge < -0.3 is 10.1 Å². The van der Waals surface area contributed by atoms with Gasteiger partial charge >= 0.3 is 0 Å². The smallest absolute Gasteiger partial charge is 0.0817 e. The second-order valence-electron chi connectivity index (χ2n) is 6.48. The lowest BCUT2D eigenvalue weighted by Crippen LogP contribution is -2.61. The lowest BCUT2D eigenvalue weighted by molar-refractivity contribution is -0.203.